The van der Waals surface area contributed by atoms with Crippen LogP contribution in [0.1, 0.15) is 0 Å². The highest BCUT2D eigenvalue weighted by atomic mass is 79.9. The van der Waals surface area contributed by atoms with Gasteiger partial charge in [0.05, 0.1) is 11.9 Å². The van der Waals surface area contributed by atoms with E-state index in [0.29, 0.717) is 16.5 Å². The highest BCUT2D eigenvalue weighted by Gasteiger charge is 2.03. The van der Waals surface area contributed by atoms with Crippen LogP contribution in [-0.4, -0.2) is 11.0 Å². The number of pyridine rings is 1. The zero-order chi connectivity index (χ0) is 13.0. The van der Waals surface area contributed by atoms with Gasteiger partial charge < -0.3 is 10.6 Å². The van der Waals surface area contributed by atoms with Crippen molar-refractivity contribution in [1.29, 1.82) is 0 Å². The maximum atomic E-state index is 11.7. The smallest absolute Gasteiger partial charge is 0.308 e. The van der Waals surface area contributed by atoms with Crippen molar-refractivity contribution in [3.63, 3.8) is 0 Å². The van der Waals surface area contributed by atoms with Gasteiger partial charge in [0, 0.05) is 10.2 Å². The third kappa shape index (κ3) is 3.72. The molecule has 1 heterocycles. The van der Waals surface area contributed by atoms with Gasteiger partial charge in [-0.15, -0.1) is 0 Å². The number of hydrogen-bond acceptors (Lipinski definition) is 2. The van der Waals surface area contributed by atoms with E-state index in [1.165, 1.54) is 6.20 Å². The number of urea groups is 1. The van der Waals surface area contributed by atoms with Crippen LogP contribution in [0.4, 0.5) is 16.2 Å². The molecule has 4 nitrogen and oxygen atoms in total. The average Bonchev–Trinajstić information content (AvgIpc) is 2.32. The normalized spacial score (nSPS) is 9.89. The standard InChI is InChI=1S/C12H9BrClN3O/c13-8-2-1-3-9(6-8)16-12(18)17-10-4-5-11(14)15-7-10/h1-7H,(H2,16,17,18). The molecule has 18 heavy (non-hydrogen) atoms. The number of hydrogen-bond donors (Lipinski definition) is 2. The van der Waals surface area contributed by atoms with Crippen molar-refractivity contribution < 1.29 is 4.79 Å². The van der Waals surface area contributed by atoms with Crippen LogP contribution in [0.2, 0.25) is 5.15 Å². The highest BCUT2D eigenvalue weighted by molar-refractivity contribution is 9.10. The van der Waals surface area contributed by atoms with E-state index in [-0.39, 0.29) is 6.03 Å². The maximum absolute atomic E-state index is 11.7. The van der Waals surface area contributed by atoms with E-state index >= 15 is 0 Å². The molecule has 6 heteroatoms. The molecule has 0 bridgehead atoms. The third-order valence-corrected chi connectivity index (χ3v) is 2.78. The fraction of sp³-hybridized carbons (Fsp3) is 0. The van der Waals surface area contributed by atoms with Crippen molar-refractivity contribution >= 4 is 44.9 Å². The summed E-state index contributed by atoms with van der Waals surface area (Å²) in [4.78, 5) is 15.5. The summed E-state index contributed by atoms with van der Waals surface area (Å²) in [5.41, 5.74) is 1.27. The summed E-state index contributed by atoms with van der Waals surface area (Å²) in [6.07, 6.45) is 1.49. The van der Waals surface area contributed by atoms with Gasteiger partial charge in [-0.25, -0.2) is 9.78 Å². The fourth-order valence-electron chi connectivity index (χ4n) is 1.31. The SMILES string of the molecule is O=C(Nc1ccc(Cl)nc1)Nc1cccc(Br)c1. The zero-order valence-corrected chi connectivity index (χ0v) is 11.5. The van der Waals surface area contributed by atoms with Gasteiger partial charge in [-0.1, -0.05) is 33.6 Å². The Labute approximate surface area is 118 Å². The Bertz CT molecular complexity index is 560. The average molecular weight is 327 g/mol. The number of amides is 2. The molecule has 0 aliphatic heterocycles. The first-order chi connectivity index (χ1) is 8.63. The van der Waals surface area contributed by atoms with Gasteiger partial charge in [-0.05, 0) is 30.3 Å². The topological polar surface area (TPSA) is 54.0 Å². The maximum Gasteiger partial charge on any atom is 0.323 e. The molecule has 2 amide bonds. The van der Waals surface area contributed by atoms with Crippen LogP contribution in [0, 0.1) is 0 Å². The van der Waals surface area contributed by atoms with Crippen LogP contribution in [0.25, 0.3) is 0 Å². The highest BCUT2D eigenvalue weighted by Crippen LogP contribution is 2.16. The summed E-state index contributed by atoms with van der Waals surface area (Å²) in [7, 11) is 0. The summed E-state index contributed by atoms with van der Waals surface area (Å²) < 4.78 is 0.897. The van der Waals surface area contributed by atoms with Crippen LogP contribution in [-0.2, 0) is 0 Å². The first-order valence-electron chi connectivity index (χ1n) is 5.08. The number of carbonyl (C=O) groups excluding carboxylic acids is 1. The lowest BCUT2D eigenvalue weighted by Crippen LogP contribution is -2.19. The lowest BCUT2D eigenvalue weighted by atomic mass is 10.3. The number of nitrogens with one attached hydrogen (secondary N) is 2. The van der Waals surface area contributed by atoms with E-state index in [0.717, 1.165) is 4.47 Å². The number of carbonyl (C=O) groups is 1. The lowest BCUT2D eigenvalue weighted by molar-refractivity contribution is 0.262. The Morgan fingerprint density at radius 3 is 2.61 bits per heavy atom. The van der Waals surface area contributed by atoms with Crippen LogP contribution in [0.5, 0.6) is 0 Å². The van der Waals surface area contributed by atoms with Crippen molar-refractivity contribution in [2.45, 2.75) is 0 Å². The van der Waals surface area contributed by atoms with Crippen molar-refractivity contribution in [3.8, 4) is 0 Å². The predicted octanol–water partition coefficient (Wildman–Crippen LogP) is 4.14. The van der Waals surface area contributed by atoms with E-state index in [9.17, 15) is 4.79 Å². The first kappa shape index (κ1) is 12.9. The van der Waals surface area contributed by atoms with E-state index in [2.05, 4.69) is 31.5 Å². The Kier molecular flexibility index (Phi) is 4.17. The molecule has 2 aromatic rings. The van der Waals surface area contributed by atoms with E-state index in [1.807, 2.05) is 12.1 Å². The van der Waals surface area contributed by atoms with Crippen LogP contribution < -0.4 is 10.6 Å². The number of aromatic nitrogens is 1. The lowest BCUT2D eigenvalue weighted by Gasteiger charge is -2.07. The summed E-state index contributed by atoms with van der Waals surface area (Å²) in [6.45, 7) is 0. The Hall–Kier alpha value is -1.59. The van der Waals surface area contributed by atoms with E-state index < -0.39 is 0 Å². The van der Waals surface area contributed by atoms with E-state index in [1.54, 1.807) is 24.3 Å². The summed E-state index contributed by atoms with van der Waals surface area (Å²) in [6, 6.07) is 10.3. The zero-order valence-electron chi connectivity index (χ0n) is 9.15. The molecule has 0 saturated carbocycles. The molecule has 0 fully saturated rings. The van der Waals surface area contributed by atoms with Gasteiger partial charge in [0.2, 0.25) is 0 Å². The third-order valence-electron chi connectivity index (χ3n) is 2.07. The molecule has 0 saturated heterocycles. The number of rotatable bonds is 2. The number of halogens is 2. The molecule has 0 aliphatic rings. The van der Waals surface area contributed by atoms with Crippen molar-refractivity contribution in [1.82, 2.24) is 4.98 Å². The first-order valence-corrected chi connectivity index (χ1v) is 6.26. The van der Waals surface area contributed by atoms with Gasteiger partial charge in [0.15, 0.2) is 0 Å². The molecular weight excluding hydrogens is 318 g/mol. The second kappa shape index (κ2) is 5.84. The largest absolute Gasteiger partial charge is 0.323 e. The van der Waals surface area contributed by atoms with Crippen molar-refractivity contribution in [2.24, 2.45) is 0 Å². The molecular formula is C12H9BrClN3O. The predicted molar refractivity (Wildman–Crippen MR) is 76.0 cm³/mol. The second-order valence-corrected chi connectivity index (χ2v) is 4.76. The van der Waals surface area contributed by atoms with Gasteiger partial charge in [0.1, 0.15) is 5.15 Å². The van der Waals surface area contributed by atoms with Gasteiger partial charge >= 0.3 is 6.03 Å². The molecule has 0 radical (unpaired) electrons. The molecule has 1 aromatic heterocycles. The number of benzene rings is 1. The number of anilines is 2. The Balaban J connectivity index is 1.98. The Morgan fingerprint density at radius 2 is 1.94 bits per heavy atom. The minimum atomic E-state index is -0.336. The quantitative estimate of drug-likeness (QED) is 0.815. The van der Waals surface area contributed by atoms with Crippen LogP contribution >= 0.6 is 27.5 Å². The van der Waals surface area contributed by atoms with Crippen molar-refractivity contribution in [3.05, 3.63) is 52.2 Å². The molecule has 92 valence electrons. The van der Waals surface area contributed by atoms with Crippen LogP contribution in [0.15, 0.2) is 47.1 Å². The second-order valence-electron chi connectivity index (χ2n) is 3.46. The molecule has 2 rings (SSSR count). The fourth-order valence-corrected chi connectivity index (χ4v) is 1.82. The summed E-state index contributed by atoms with van der Waals surface area (Å²) in [5, 5.41) is 5.74. The monoisotopic (exact) mass is 325 g/mol. The van der Waals surface area contributed by atoms with Crippen LogP contribution in [0.3, 0.4) is 0 Å². The molecule has 0 unspecified atom stereocenters. The molecule has 2 N–H and O–H groups in total. The summed E-state index contributed by atoms with van der Waals surface area (Å²) in [5.74, 6) is 0. The minimum Gasteiger partial charge on any atom is -0.308 e. The van der Waals surface area contributed by atoms with Gasteiger partial charge in [0.25, 0.3) is 0 Å². The molecule has 1 aromatic carbocycles. The molecule has 0 aliphatic carbocycles. The number of nitrogens with zero attached hydrogens (tertiary/aromatic N) is 1. The van der Waals surface area contributed by atoms with E-state index in [4.69, 9.17) is 11.6 Å². The van der Waals surface area contributed by atoms with Gasteiger partial charge in [-0.2, -0.15) is 0 Å². The Morgan fingerprint density at radius 1 is 1.17 bits per heavy atom. The van der Waals surface area contributed by atoms with Gasteiger partial charge in [-0.3, -0.25) is 0 Å². The molecule has 0 spiro atoms. The summed E-state index contributed by atoms with van der Waals surface area (Å²) >= 11 is 8.98. The molecule has 0 atom stereocenters. The minimum absolute atomic E-state index is 0.336. The van der Waals surface area contributed by atoms with Crippen molar-refractivity contribution in [2.75, 3.05) is 10.6 Å².